The van der Waals surface area contributed by atoms with Crippen molar-refractivity contribution < 1.29 is 4.79 Å². The topological polar surface area (TPSA) is 61.0 Å². The van der Waals surface area contributed by atoms with Crippen LogP contribution in [0.4, 0.5) is 0 Å². The van der Waals surface area contributed by atoms with Gasteiger partial charge in [-0.3, -0.25) is 14.8 Å². The molecule has 1 atom stereocenters. The number of benzene rings is 1. The van der Waals surface area contributed by atoms with E-state index in [9.17, 15) is 4.79 Å². The van der Waals surface area contributed by atoms with Gasteiger partial charge in [-0.15, -0.1) is 0 Å². The lowest BCUT2D eigenvalue weighted by Gasteiger charge is -2.31. The molecule has 1 aromatic heterocycles. The Kier molecular flexibility index (Phi) is 6.45. The van der Waals surface area contributed by atoms with E-state index in [1.807, 2.05) is 13.0 Å². The third-order valence-corrected chi connectivity index (χ3v) is 5.40. The molecule has 1 aliphatic heterocycles. The van der Waals surface area contributed by atoms with Gasteiger partial charge in [-0.05, 0) is 44.8 Å². The summed E-state index contributed by atoms with van der Waals surface area (Å²) in [6, 6.07) is 10.7. The first kappa shape index (κ1) is 18.6. The maximum Gasteiger partial charge on any atom is 0.272 e. The number of aromatic amines is 1. The molecule has 0 saturated carbocycles. The van der Waals surface area contributed by atoms with Crippen LogP contribution in [0.3, 0.4) is 0 Å². The van der Waals surface area contributed by atoms with Gasteiger partial charge in [-0.1, -0.05) is 50.1 Å². The molecule has 3 rings (SSSR count). The van der Waals surface area contributed by atoms with E-state index in [1.165, 1.54) is 31.2 Å². The lowest BCUT2D eigenvalue weighted by Crippen LogP contribution is -2.39. The highest BCUT2D eigenvalue weighted by Crippen LogP contribution is 2.24. The molecule has 2 heterocycles. The minimum atomic E-state index is -0.0887. The first-order chi connectivity index (χ1) is 12.7. The van der Waals surface area contributed by atoms with Crippen molar-refractivity contribution in [2.75, 3.05) is 19.6 Å². The van der Waals surface area contributed by atoms with Crippen molar-refractivity contribution in [3.63, 3.8) is 0 Å². The molecule has 1 fully saturated rings. The Hall–Kier alpha value is -2.14. The van der Waals surface area contributed by atoms with Crippen LogP contribution in [0, 0.1) is 6.92 Å². The second-order valence-corrected chi connectivity index (χ2v) is 7.12. The number of aryl methyl sites for hydroxylation is 1. The van der Waals surface area contributed by atoms with E-state index in [0.717, 1.165) is 30.8 Å². The largest absolute Gasteiger partial charge is 0.349 e. The molecule has 2 aromatic rings. The number of carbonyl (C=O) groups excluding carboxylic acids is 1. The van der Waals surface area contributed by atoms with E-state index in [4.69, 9.17) is 0 Å². The maximum atomic E-state index is 12.7. The van der Waals surface area contributed by atoms with Crippen molar-refractivity contribution in [3.8, 4) is 0 Å². The fourth-order valence-corrected chi connectivity index (χ4v) is 3.81. The molecule has 1 aliphatic rings. The third kappa shape index (κ3) is 4.33. The number of likely N-dealkylation sites (tertiary alicyclic amines) is 1. The monoisotopic (exact) mass is 354 g/mol. The van der Waals surface area contributed by atoms with Crippen LogP contribution in [0.2, 0.25) is 0 Å². The van der Waals surface area contributed by atoms with Gasteiger partial charge in [0.1, 0.15) is 0 Å². The van der Waals surface area contributed by atoms with Crippen molar-refractivity contribution in [3.05, 3.63) is 52.8 Å². The number of amides is 1. The average molecular weight is 354 g/mol. The summed E-state index contributed by atoms with van der Waals surface area (Å²) in [5.74, 6) is -0.0887. The van der Waals surface area contributed by atoms with Gasteiger partial charge >= 0.3 is 0 Å². The smallest absolute Gasteiger partial charge is 0.272 e. The summed E-state index contributed by atoms with van der Waals surface area (Å²) in [6.07, 6.45) is 5.92. The number of hydrogen-bond acceptors (Lipinski definition) is 3. The van der Waals surface area contributed by atoms with Crippen LogP contribution in [-0.4, -0.2) is 40.6 Å². The SMILES string of the molecule is CCc1[nH]nc(C(=O)NC[C@H](c2ccccc2)N2CCCCCC2)c1C. The normalized spacial score (nSPS) is 16.8. The lowest BCUT2D eigenvalue weighted by molar-refractivity contribution is 0.0927. The number of nitrogens with one attached hydrogen (secondary N) is 2. The summed E-state index contributed by atoms with van der Waals surface area (Å²) in [5, 5.41) is 10.3. The fraction of sp³-hybridized carbons (Fsp3) is 0.524. The molecule has 0 bridgehead atoms. The molecule has 140 valence electrons. The molecule has 26 heavy (non-hydrogen) atoms. The van der Waals surface area contributed by atoms with E-state index in [0.29, 0.717) is 12.2 Å². The Morgan fingerprint density at radius 2 is 1.88 bits per heavy atom. The predicted octanol–water partition coefficient (Wildman–Crippen LogP) is 3.63. The van der Waals surface area contributed by atoms with E-state index in [2.05, 4.69) is 51.6 Å². The van der Waals surface area contributed by atoms with Crippen LogP contribution >= 0.6 is 0 Å². The number of H-pyrrole nitrogens is 1. The van der Waals surface area contributed by atoms with Crippen molar-refractivity contribution in [2.24, 2.45) is 0 Å². The molecule has 0 radical (unpaired) electrons. The maximum absolute atomic E-state index is 12.7. The Bertz CT molecular complexity index is 702. The highest BCUT2D eigenvalue weighted by Gasteiger charge is 2.23. The molecule has 1 aromatic carbocycles. The van der Waals surface area contributed by atoms with Crippen LogP contribution < -0.4 is 5.32 Å². The molecule has 0 aliphatic carbocycles. The quantitative estimate of drug-likeness (QED) is 0.833. The van der Waals surface area contributed by atoms with Crippen LogP contribution in [0.5, 0.6) is 0 Å². The Morgan fingerprint density at radius 3 is 2.50 bits per heavy atom. The molecule has 0 unspecified atom stereocenters. The third-order valence-electron chi connectivity index (χ3n) is 5.40. The zero-order valence-electron chi connectivity index (χ0n) is 15.9. The zero-order valence-corrected chi connectivity index (χ0v) is 15.9. The number of nitrogens with zero attached hydrogens (tertiary/aromatic N) is 2. The van der Waals surface area contributed by atoms with Gasteiger partial charge in [-0.25, -0.2) is 0 Å². The minimum Gasteiger partial charge on any atom is -0.349 e. The van der Waals surface area contributed by atoms with Crippen molar-refractivity contribution in [2.45, 2.75) is 52.0 Å². The summed E-state index contributed by atoms with van der Waals surface area (Å²) in [4.78, 5) is 15.2. The van der Waals surface area contributed by atoms with Gasteiger partial charge < -0.3 is 5.32 Å². The van der Waals surface area contributed by atoms with Gasteiger partial charge in [0.2, 0.25) is 0 Å². The van der Waals surface area contributed by atoms with E-state index in [-0.39, 0.29) is 11.9 Å². The van der Waals surface area contributed by atoms with Crippen molar-refractivity contribution >= 4 is 5.91 Å². The van der Waals surface area contributed by atoms with Crippen LogP contribution in [0.25, 0.3) is 0 Å². The Labute approximate surface area is 156 Å². The first-order valence-electron chi connectivity index (χ1n) is 9.81. The van der Waals surface area contributed by atoms with E-state index < -0.39 is 0 Å². The highest BCUT2D eigenvalue weighted by molar-refractivity contribution is 5.93. The van der Waals surface area contributed by atoms with Gasteiger partial charge in [0.25, 0.3) is 5.91 Å². The van der Waals surface area contributed by atoms with Gasteiger partial charge in [0, 0.05) is 17.8 Å². The Balaban J connectivity index is 1.73. The summed E-state index contributed by atoms with van der Waals surface area (Å²) in [7, 11) is 0. The molecule has 0 spiro atoms. The summed E-state index contributed by atoms with van der Waals surface area (Å²) in [6.45, 7) is 6.82. The van der Waals surface area contributed by atoms with E-state index in [1.54, 1.807) is 0 Å². The lowest BCUT2D eigenvalue weighted by atomic mass is 10.0. The number of carbonyl (C=O) groups is 1. The number of rotatable bonds is 6. The van der Waals surface area contributed by atoms with Crippen LogP contribution in [0.1, 0.15) is 66.0 Å². The summed E-state index contributed by atoms with van der Waals surface area (Å²) >= 11 is 0. The minimum absolute atomic E-state index is 0.0887. The van der Waals surface area contributed by atoms with Crippen LogP contribution in [0.15, 0.2) is 30.3 Å². The second-order valence-electron chi connectivity index (χ2n) is 7.12. The number of hydrogen-bond donors (Lipinski definition) is 2. The highest BCUT2D eigenvalue weighted by atomic mass is 16.1. The van der Waals surface area contributed by atoms with Crippen molar-refractivity contribution in [1.29, 1.82) is 0 Å². The van der Waals surface area contributed by atoms with Gasteiger partial charge in [0.15, 0.2) is 5.69 Å². The van der Waals surface area contributed by atoms with Gasteiger partial charge in [-0.2, -0.15) is 5.10 Å². The molecule has 1 amide bonds. The zero-order chi connectivity index (χ0) is 18.4. The molecule has 5 nitrogen and oxygen atoms in total. The summed E-state index contributed by atoms with van der Waals surface area (Å²) in [5.41, 5.74) is 3.77. The Morgan fingerprint density at radius 1 is 1.19 bits per heavy atom. The molecular formula is C21H30N4O. The average Bonchev–Trinajstić information content (AvgIpc) is 2.86. The molecular weight excluding hydrogens is 324 g/mol. The molecule has 5 heteroatoms. The first-order valence-corrected chi connectivity index (χ1v) is 9.81. The number of aromatic nitrogens is 2. The summed E-state index contributed by atoms with van der Waals surface area (Å²) < 4.78 is 0. The van der Waals surface area contributed by atoms with E-state index >= 15 is 0 Å². The predicted molar refractivity (Wildman–Crippen MR) is 104 cm³/mol. The second kappa shape index (κ2) is 8.99. The fourth-order valence-electron chi connectivity index (χ4n) is 3.81. The molecule has 1 saturated heterocycles. The van der Waals surface area contributed by atoms with Crippen molar-refractivity contribution in [1.82, 2.24) is 20.4 Å². The van der Waals surface area contributed by atoms with Crippen LogP contribution in [-0.2, 0) is 6.42 Å². The molecule has 2 N–H and O–H groups in total. The standard InChI is InChI=1S/C21H30N4O/c1-3-18-16(2)20(24-23-18)21(26)22-15-19(17-11-7-6-8-12-17)25-13-9-4-5-10-14-25/h6-8,11-12,19H,3-5,9-10,13-15H2,1-2H3,(H,22,26)(H,23,24)/t19-/m1/s1. The van der Waals surface area contributed by atoms with Gasteiger partial charge in [0.05, 0.1) is 6.04 Å².